The van der Waals surface area contributed by atoms with Gasteiger partial charge in [0.25, 0.3) is 5.91 Å². The second kappa shape index (κ2) is 8.06. The van der Waals surface area contributed by atoms with Crippen LogP contribution in [0.4, 0.5) is 5.82 Å². The molecule has 2 aromatic heterocycles. The molecule has 4 aromatic rings. The normalized spacial score (nSPS) is 11.5. The Bertz CT molecular complexity index is 1240. The lowest BCUT2D eigenvalue weighted by Gasteiger charge is -2.14. The molecule has 0 aliphatic carbocycles. The molecule has 0 saturated heterocycles. The van der Waals surface area contributed by atoms with Gasteiger partial charge in [-0.25, -0.2) is 9.48 Å². The van der Waals surface area contributed by atoms with Gasteiger partial charge >= 0.3 is 5.97 Å². The van der Waals surface area contributed by atoms with Gasteiger partial charge in [0.2, 0.25) is 0 Å². The van der Waals surface area contributed by atoms with Crippen molar-refractivity contribution >= 4 is 28.6 Å². The summed E-state index contributed by atoms with van der Waals surface area (Å²) in [6, 6.07) is 18.6. The zero-order valence-electron chi connectivity index (χ0n) is 17.5. The number of para-hydroxylation sites is 2. The lowest BCUT2D eigenvalue weighted by molar-refractivity contribution is -0.119. The Labute approximate surface area is 179 Å². The number of anilines is 1. The molecule has 31 heavy (non-hydrogen) atoms. The summed E-state index contributed by atoms with van der Waals surface area (Å²) in [7, 11) is 0. The summed E-state index contributed by atoms with van der Waals surface area (Å²) < 4.78 is 6.85. The van der Waals surface area contributed by atoms with Crippen molar-refractivity contribution in [1.82, 2.24) is 20.0 Å². The molecule has 0 saturated carbocycles. The van der Waals surface area contributed by atoms with Crippen molar-refractivity contribution in [3.05, 3.63) is 72.1 Å². The van der Waals surface area contributed by atoms with Crippen LogP contribution in [0.1, 0.15) is 37.0 Å². The minimum Gasteiger partial charge on any atom is -0.451 e. The number of nitrogens with one attached hydrogen (secondary N) is 2. The average molecular weight is 417 g/mol. The summed E-state index contributed by atoms with van der Waals surface area (Å²) in [5, 5.41) is 14.9. The van der Waals surface area contributed by atoms with Crippen molar-refractivity contribution < 1.29 is 14.3 Å². The quantitative estimate of drug-likeness (QED) is 0.481. The molecule has 0 aliphatic rings. The van der Waals surface area contributed by atoms with E-state index < -0.39 is 18.5 Å². The number of ether oxygens (including phenoxy) is 1. The first kappa shape index (κ1) is 20.3. The highest BCUT2D eigenvalue weighted by Crippen LogP contribution is 2.26. The van der Waals surface area contributed by atoms with Crippen LogP contribution < -0.4 is 5.32 Å². The molecule has 1 amide bonds. The molecule has 0 fully saturated rings. The summed E-state index contributed by atoms with van der Waals surface area (Å²) >= 11 is 0. The highest BCUT2D eigenvalue weighted by molar-refractivity contribution is 6.03. The van der Waals surface area contributed by atoms with Crippen LogP contribution in [0, 0.1) is 0 Å². The molecule has 2 N–H and O–H groups in total. The number of fused-ring (bicyclic) bond motifs is 1. The average Bonchev–Trinajstić information content (AvgIpc) is 3.37. The van der Waals surface area contributed by atoms with Crippen LogP contribution in [-0.4, -0.2) is 38.5 Å². The van der Waals surface area contributed by atoms with E-state index in [1.54, 1.807) is 16.8 Å². The molecule has 0 aliphatic heterocycles. The molecular weight excluding hydrogens is 394 g/mol. The molecule has 158 valence electrons. The van der Waals surface area contributed by atoms with Crippen LogP contribution in [0.5, 0.6) is 0 Å². The van der Waals surface area contributed by atoms with Gasteiger partial charge in [-0.1, -0.05) is 57.2 Å². The van der Waals surface area contributed by atoms with Gasteiger partial charge in [0.05, 0.1) is 16.9 Å². The molecule has 8 heteroatoms. The first-order valence-electron chi connectivity index (χ1n) is 9.89. The van der Waals surface area contributed by atoms with Gasteiger partial charge in [0.1, 0.15) is 5.82 Å². The Morgan fingerprint density at radius 2 is 1.77 bits per heavy atom. The van der Waals surface area contributed by atoms with Gasteiger partial charge in [-0.05, 0) is 18.2 Å². The number of hydrogen-bond donors (Lipinski definition) is 2. The van der Waals surface area contributed by atoms with Crippen LogP contribution in [-0.2, 0) is 14.9 Å². The maximum Gasteiger partial charge on any atom is 0.359 e. The van der Waals surface area contributed by atoms with E-state index >= 15 is 0 Å². The third kappa shape index (κ3) is 4.32. The number of benzene rings is 2. The van der Waals surface area contributed by atoms with E-state index in [9.17, 15) is 9.59 Å². The van der Waals surface area contributed by atoms with E-state index in [0.29, 0.717) is 11.2 Å². The third-order valence-electron chi connectivity index (χ3n) is 4.74. The van der Waals surface area contributed by atoms with Gasteiger partial charge in [-0.15, -0.1) is 0 Å². The summed E-state index contributed by atoms with van der Waals surface area (Å²) in [6.45, 7) is 5.70. The minimum absolute atomic E-state index is 0.146. The van der Waals surface area contributed by atoms with Gasteiger partial charge in [0, 0.05) is 16.9 Å². The van der Waals surface area contributed by atoms with Crippen LogP contribution in [0.15, 0.2) is 60.7 Å². The highest BCUT2D eigenvalue weighted by atomic mass is 16.5. The van der Waals surface area contributed by atoms with E-state index in [1.165, 1.54) is 0 Å². The molecule has 0 atom stereocenters. The molecule has 0 bridgehead atoms. The standard InChI is InChI=1S/C23H23N5O3/c1-23(2,3)18-13-19(28(27-18)15-9-5-4-6-10-15)24-20(29)14-31-22(30)21-16-11-7-8-12-17(16)25-26-21/h4-13H,14H2,1-3H3,(H,24,29)(H,25,26). The number of nitrogens with zero attached hydrogens (tertiary/aromatic N) is 3. The maximum absolute atomic E-state index is 12.5. The molecule has 4 rings (SSSR count). The maximum atomic E-state index is 12.5. The van der Waals surface area contributed by atoms with E-state index in [1.807, 2.05) is 69.3 Å². The van der Waals surface area contributed by atoms with Crippen molar-refractivity contribution in [2.45, 2.75) is 26.2 Å². The molecule has 8 nitrogen and oxygen atoms in total. The summed E-state index contributed by atoms with van der Waals surface area (Å²) in [4.78, 5) is 24.9. The first-order chi connectivity index (χ1) is 14.8. The second-order valence-electron chi connectivity index (χ2n) is 8.15. The summed E-state index contributed by atoms with van der Waals surface area (Å²) in [6.07, 6.45) is 0. The van der Waals surface area contributed by atoms with Crippen LogP contribution in [0.25, 0.3) is 16.6 Å². The molecule has 0 radical (unpaired) electrons. The number of aromatic nitrogens is 4. The third-order valence-corrected chi connectivity index (χ3v) is 4.74. The highest BCUT2D eigenvalue weighted by Gasteiger charge is 2.22. The number of amides is 1. The summed E-state index contributed by atoms with van der Waals surface area (Å²) in [5.74, 6) is -0.632. The molecule has 0 spiro atoms. The monoisotopic (exact) mass is 417 g/mol. The number of esters is 1. The number of carbonyl (C=O) groups excluding carboxylic acids is 2. The Kier molecular flexibility index (Phi) is 5.29. The zero-order chi connectivity index (χ0) is 22.0. The molecule has 2 aromatic carbocycles. The van der Waals surface area contributed by atoms with Gasteiger partial charge in [-0.2, -0.15) is 10.2 Å². The van der Waals surface area contributed by atoms with E-state index in [0.717, 1.165) is 16.9 Å². The van der Waals surface area contributed by atoms with Crippen molar-refractivity contribution in [3.63, 3.8) is 0 Å². The van der Waals surface area contributed by atoms with Crippen LogP contribution in [0.3, 0.4) is 0 Å². The van der Waals surface area contributed by atoms with E-state index in [4.69, 9.17) is 4.74 Å². The summed E-state index contributed by atoms with van der Waals surface area (Å²) in [5.41, 5.74) is 2.31. The smallest absolute Gasteiger partial charge is 0.359 e. The number of hydrogen-bond acceptors (Lipinski definition) is 5. The van der Waals surface area contributed by atoms with Crippen molar-refractivity contribution in [2.75, 3.05) is 11.9 Å². The number of carbonyl (C=O) groups is 2. The largest absolute Gasteiger partial charge is 0.451 e. The number of rotatable bonds is 5. The lowest BCUT2D eigenvalue weighted by Crippen LogP contribution is -2.22. The Morgan fingerprint density at radius 3 is 2.52 bits per heavy atom. The van der Waals surface area contributed by atoms with Crippen LogP contribution >= 0.6 is 0 Å². The zero-order valence-corrected chi connectivity index (χ0v) is 17.5. The van der Waals surface area contributed by atoms with Gasteiger partial charge in [0.15, 0.2) is 12.3 Å². The van der Waals surface area contributed by atoms with Crippen molar-refractivity contribution in [1.29, 1.82) is 0 Å². The van der Waals surface area contributed by atoms with Crippen LogP contribution in [0.2, 0.25) is 0 Å². The molecule has 0 unspecified atom stereocenters. The number of aromatic amines is 1. The SMILES string of the molecule is CC(C)(C)c1cc(NC(=O)COC(=O)c2n[nH]c3ccccc23)n(-c2ccccc2)n1. The predicted octanol–water partition coefficient (Wildman–Crippen LogP) is 3.84. The van der Waals surface area contributed by atoms with E-state index in [-0.39, 0.29) is 11.1 Å². The fraction of sp³-hybridized carbons (Fsp3) is 0.217. The fourth-order valence-electron chi connectivity index (χ4n) is 3.10. The van der Waals surface area contributed by atoms with E-state index in [2.05, 4.69) is 20.6 Å². The second-order valence-corrected chi connectivity index (χ2v) is 8.15. The molecule has 2 heterocycles. The fourth-order valence-corrected chi connectivity index (χ4v) is 3.10. The first-order valence-corrected chi connectivity index (χ1v) is 9.89. The predicted molar refractivity (Wildman–Crippen MR) is 117 cm³/mol. The van der Waals surface area contributed by atoms with Gasteiger partial charge < -0.3 is 10.1 Å². The van der Waals surface area contributed by atoms with Crippen molar-refractivity contribution in [3.8, 4) is 5.69 Å². The topological polar surface area (TPSA) is 102 Å². The lowest BCUT2D eigenvalue weighted by atomic mass is 9.92. The van der Waals surface area contributed by atoms with Gasteiger partial charge in [-0.3, -0.25) is 9.89 Å². The minimum atomic E-state index is -0.667. The number of H-pyrrole nitrogens is 1. The Hall–Kier alpha value is -3.94. The Morgan fingerprint density at radius 1 is 1.06 bits per heavy atom. The Balaban J connectivity index is 1.49. The van der Waals surface area contributed by atoms with Crippen molar-refractivity contribution in [2.24, 2.45) is 0 Å². The molecular formula is C23H23N5O3.